The molecule has 0 bridgehead atoms. The van der Waals surface area contributed by atoms with Gasteiger partial charge in [0.05, 0.1) is 4.34 Å². The highest BCUT2D eigenvalue weighted by Crippen LogP contribution is 2.30. The number of rotatable bonds is 2. The maximum atomic E-state index is 12.4. The molecular formula is C11H15ClN2O2S2. The van der Waals surface area contributed by atoms with Crippen molar-refractivity contribution in [2.45, 2.75) is 23.1 Å². The van der Waals surface area contributed by atoms with Crippen LogP contribution in [0.25, 0.3) is 0 Å². The van der Waals surface area contributed by atoms with E-state index in [1.807, 2.05) is 0 Å². The van der Waals surface area contributed by atoms with Crippen LogP contribution < -0.4 is 0 Å². The van der Waals surface area contributed by atoms with Gasteiger partial charge in [-0.2, -0.15) is 4.31 Å². The van der Waals surface area contributed by atoms with E-state index in [9.17, 15) is 8.42 Å². The minimum atomic E-state index is -3.34. The Morgan fingerprint density at radius 2 is 2.11 bits per heavy atom. The van der Waals surface area contributed by atoms with Crippen LogP contribution in [0.5, 0.6) is 0 Å². The van der Waals surface area contributed by atoms with E-state index in [1.165, 1.54) is 6.42 Å². The number of nitrogens with zero attached hydrogens (tertiary/aromatic N) is 2. The first kappa shape index (κ1) is 12.9. The molecule has 0 spiro atoms. The molecule has 7 heteroatoms. The first-order chi connectivity index (χ1) is 8.57. The zero-order valence-corrected chi connectivity index (χ0v) is 12.3. The van der Waals surface area contributed by atoms with Crippen LogP contribution >= 0.6 is 22.9 Å². The molecular weight excluding hydrogens is 292 g/mol. The largest absolute Gasteiger partial charge is 0.298 e. The third-order valence-electron chi connectivity index (χ3n) is 3.69. The predicted octanol–water partition coefficient (Wildman–Crippen LogP) is 1.87. The first-order valence-electron chi connectivity index (χ1n) is 6.07. The summed E-state index contributed by atoms with van der Waals surface area (Å²) in [6.07, 6.45) is 2.29. The van der Waals surface area contributed by atoms with Gasteiger partial charge in [0.15, 0.2) is 0 Å². The number of hydrogen-bond acceptors (Lipinski definition) is 4. The highest BCUT2D eigenvalue weighted by Gasteiger charge is 2.36. The fourth-order valence-corrected chi connectivity index (χ4v) is 5.85. The first-order valence-corrected chi connectivity index (χ1v) is 8.70. The summed E-state index contributed by atoms with van der Waals surface area (Å²) in [6, 6.07) is 3.65. The summed E-state index contributed by atoms with van der Waals surface area (Å²) in [4.78, 5) is 2.40. The third-order valence-corrected chi connectivity index (χ3v) is 7.26. The van der Waals surface area contributed by atoms with Gasteiger partial charge in [-0.3, -0.25) is 4.90 Å². The molecule has 2 saturated heterocycles. The van der Waals surface area contributed by atoms with Crippen molar-refractivity contribution in [1.82, 2.24) is 9.21 Å². The van der Waals surface area contributed by atoms with Gasteiger partial charge in [-0.25, -0.2) is 8.42 Å². The molecule has 2 fully saturated rings. The Hall–Kier alpha value is -0.140. The van der Waals surface area contributed by atoms with Gasteiger partial charge in [-0.05, 0) is 31.5 Å². The number of halogens is 1. The number of fused-ring (bicyclic) bond motifs is 1. The Bertz CT molecular complexity index is 543. The molecule has 0 aliphatic carbocycles. The van der Waals surface area contributed by atoms with Crippen molar-refractivity contribution in [1.29, 1.82) is 0 Å². The number of piperazine rings is 1. The van der Waals surface area contributed by atoms with Crippen molar-refractivity contribution >= 4 is 33.0 Å². The van der Waals surface area contributed by atoms with Gasteiger partial charge in [-0.1, -0.05) is 11.6 Å². The van der Waals surface area contributed by atoms with Gasteiger partial charge >= 0.3 is 0 Å². The van der Waals surface area contributed by atoms with Crippen LogP contribution in [0.2, 0.25) is 4.34 Å². The molecule has 0 N–H and O–H groups in total. The quantitative estimate of drug-likeness (QED) is 0.837. The van der Waals surface area contributed by atoms with Gasteiger partial charge in [-0.15, -0.1) is 11.3 Å². The van der Waals surface area contributed by atoms with Crippen molar-refractivity contribution in [3.8, 4) is 0 Å². The number of thiophene rings is 1. The van der Waals surface area contributed by atoms with Crippen molar-refractivity contribution in [3.63, 3.8) is 0 Å². The molecule has 1 aromatic heterocycles. The van der Waals surface area contributed by atoms with E-state index < -0.39 is 10.0 Å². The van der Waals surface area contributed by atoms with Crippen LogP contribution in [0.15, 0.2) is 16.3 Å². The average molecular weight is 307 g/mol. The van der Waals surface area contributed by atoms with E-state index in [4.69, 9.17) is 11.6 Å². The van der Waals surface area contributed by atoms with Crippen LogP contribution in [-0.2, 0) is 10.0 Å². The van der Waals surface area contributed by atoms with E-state index in [-0.39, 0.29) is 0 Å². The monoisotopic (exact) mass is 306 g/mol. The van der Waals surface area contributed by atoms with Crippen molar-refractivity contribution < 1.29 is 8.42 Å². The zero-order chi connectivity index (χ0) is 12.8. The lowest BCUT2D eigenvalue weighted by Crippen LogP contribution is -2.51. The van der Waals surface area contributed by atoms with Crippen LogP contribution in [0.1, 0.15) is 12.8 Å². The van der Waals surface area contributed by atoms with E-state index in [0.717, 1.165) is 30.8 Å². The van der Waals surface area contributed by atoms with Crippen molar-refractivity contribution in [2.75, 3.05) is 26.2 Å². The summed E-state index contributed by atoms with van der Waals surface area (Å²) < 4.78 is 27.4. The zero-order valence-electron chi connectivity index (χ0n) is 9.88. The second-order valence-electron chi connectivity index (χ2n) is 4.75. The van der Waals surface area contributed by atoms with Gasteiger partial charge in [0.25, 0.3) is 10.0 Å². The molecule has 3 rings (SSSR count). The summed E-state index contributed by atoms with van der Waals surface area (Å²) in [6.45, 7) is 3.18. The van der Waals surface area contributed by atoms with Crippen molar-refractivity contribution in [3.05, 3.63) is 16.5 Å². The molecule has 3 heterocycles. The Kier molecular flexibility index (Phi) is 3.40. The fourth-order valence-electron chi connectivity index (χ4n) is 2.74. The van der Waals surface area contributed by atoms with Gasteiger partial charge in [0.2, 0.25) is 0 Å². The maximum absolute atomic E-state index is 12.4. The Morgan fingerprint density at radius 1 is 1.28 bits per heavy atom. The molecule has 0 aromatic carbocycles. The van der Waals surface area contributed by atoms with Crippen LogP contribution in [-0.4, -0.2) is 49.8 Å². The number of hydrogen-bond donors (Lipinski definition) is 0. The molecule has 2 aliphatic rings. The Labute approximate surface area is 116 Å². The van der Waals surface area contributed by atoms with Crippen LogP contribution in [0.4, 0.5) is 0 Å². The molecule has 0 saturated carbocycles. The molecule has 1 aromatic rings. The lowest BCUT2D eigenvalue weighted by atomic mass is 10.2. The molecule has 2 aliphatic heterocycles. The SMILES string of the molecule is O=S(=O)(c1ccc(Cl)s1)N1CCN2CCCC2C1. The van der Waals surface area contributed by atoms with Gasteiger partial charge in [0.1, 0.15) is 4.21 Å². The summed E-state index contributed by atoms with van der Waals surface area (Å²) in [5.41, 5.74) is 0. The normalized spacial score (nSPS) is 26.4. The second kappa shape index (κ2) is 4.76. The van der Waals surface area contributed by atoms with Crippen LogP contribution in [0.3, 0.4) is 0 Å². The fraction of sp³-hybridized carbons (Fsp3) is 0.636. The molecule has 100 valence electrons. The van der Waals surface area contributed by atoms with Gasteiger partial charge < -0.3 is 0 Å². The molecule has 0 amide bonds. The standard InChI is InChI=1S/C11H15ClN2O2S2/c12-10-3-4-11(17-10)18(15,16)14-7-6-13-5-1-2-9(13)8-14/h3-4,9H,1-2,5-8H2. The van der Waals surface area contributed by atoms with Crippen molar-refractivity contribution in [2.24, 2.45) is 0 Å². The van der Waals surface area contributed by atoms with E-state index >= 15 is 0 Å². The van der Waals surface area contributed by atoms with Gasteiger partial charge in [0, 0.05) is 25.7 Å². The number of sulfonamides is 1. The summed E-state index contributed by atoms with van der Waals surface area (Å²) in [5, 5.41) is 0. The molecule has 0 radical (unpaired) electrons. The minimum Gasteiger partial charge on any atom is -0.298 e. The summed E-state index contributed by atoms with van der Waals surface area (Å²) >= 11 is 6.96. The lowest BCUT2D eigenvalue weighted by Gasteiger charge is -2.36. The van der Waals surface area contributed by atoms with Crippen LogP contribution in [0, 0.1) is 0 Å². The summed E-state index contributed by atoms with van der Waals surface area (Å²) in [7, 11) is -3.34. The Morgan fingerprint density at radius 3 is 2.83 bits per heavy atom. The smallest absolute Gasteiger partial charge is 0.252 e. The highest BCUT2D eigenvalue weighted by molar-refractivity contribution is 7.91. The highest BCUT2D eigenvalue weighted by atomic mass is 35.5. The molecule has 1 unspecified atom stereocenters. The molecule has 1 atom stereocenters. The average Bonchev–Trinajstić information content (AvgIpc) is 2.96. The third kappa shape index (κ3) is 2.20. The lowest BCUT2D eigenvalue weighted by molar-refractivity contribution is 0.158. The molecule has 18 heavy (non-hydrogen) atoms. The van der Waals surface area contributed by atoms with E-state index in [0.29, 0.717) is 27.7 Å². The minimum absolute atomic E-state index is 0.360. The second-order valence-corrected chi connectivity index (χ2v) is 8.63. The Balaban J connectivity index is 1.82. The predicted molar refractivity (Wildman–Crippen MR) is 72.7 cm³/mol. The maximum Gasteiger partial charge on any atom is 0.252 e. The van der Waals surface area contributed by atoms with E-state index in [2.05, 4.69) is 4.90 Å². The summed E-state index contributed by atoms with van der Waals surface area (Å²) in [5.74, 6) is 0. The molecule has 4 nitrogen and oxygen atoms in total. The van der Waals surface area contributed by atoms with E-state index in [1.54, 1.807) is 16.4 Å². The topological polar surface area (TPSA) is 40.6 Å².